The van der Waals surface area contributed by atoms with Crippen LogP contribution >= 0.6 is 0 Å². The zero-order valence-electron chi connectivity index (χ0n) is 11.9. The zero-order chi connectivity index (χ0) is 14.4. The second-order valence-electron chi connectivity index (χ2n) is 5.47. The molecule has 0 atom stereocenters. The Morgan fingerprint density at radius 3 is 2.75 bits per heavy atom. The van der Waals surface area contributed by atoms with E-state index >= 15 is 0 Å². The first-order chi connectivity index (χ1) is 9.70. The summed E-state index contributed by atoms with van der Waals surface area (Å²) in [7, 11) is 0. The van der Waals surface area contributed by atoms with Crippen molar-refractivity contribution in [1.82, 2.24) is 0 Å². The van der Waals surface area contributed by atoms with E-state index in [4.69, 9.17) is 5.21 Å². The van der Waals surface area contributed by atoms with Gasteiger partial charge in [-0.15, -0.1) is 0 Å². The number of rotatable bonds is 5. The molecule has 2 N–H and O–H groups in total. The lowest BCUT2D eigenvalue weighted by Gasteiger charge is -2.12. The van der Waals surface area contributed by atoms with Crippen LogP contribution in [0.25, 0.3) is 0 Å². The minimum atomic E-state index is 0.0371. The lowest BCUT2D eigenvalue weighted by molar-refractivity contribution is -0.116. The molecule has 1 aliphatic carbocycles. The molecular weight excluding hydrogens is 252 g/mol. The van der Waals surface area contributed by atoms with Crippen molar-refractivity contribution in [3.63, 3.8) is 0 Å². The largest absolute Gasteiger partial charge is 0.411 e. The summed E-state index contributed by atoms with van der Waals surface area (Å²) in [6, 6.07) is 7.39. The van der Waals surface area contributed by atoms with Gasteiger partial charge in [0.2, 0.25) is 5.91 Å². The second kappa shape index (κ2) is 7.08. The summed E-state index contributed by atoms with van der Waals surface area (Å²) in [6.45, 7) is 1.71. The molecule has 0 spiro atoms. The number of para-hydroxylation sites is 1. The Morgan fingerprint density at radius 2 is 2.05 bits per heavy atom. The van der Waals surface area contributed by atoms with Crippen LogP contribution in [0.5, 0.6) is 0 Å². The van der Waals surface area contributed by atoms with Gasteiger partial charge in [0.25, 0.3) is 0 Å². The van der Waals surface area contributed by atoms with E-state index in [1.807, 2.05) is 24.3 Å². The van der Waals surface area contributed by atoms with Gasteiger partial charge >= 0.3 is 0 Å². The molecule has 1 aromatic carbocycles. The summed E-state index contributed by atoms with van der Waals surface area (Å²) < 4.78 is 0. The third-order valence-electron chi connectivity index (χ3n) is 4.00. The van der Waals surface area contributed by atoms with Crippen molar-refractivity contribution in [3.8, 4) is 0 Å². The van der Waals surface area contributed by atoms with Gasteiger partial charge in [-0.1, -0.05) is 49.0 Å². The average molecular weight is 274 g/mol. The molecular formula is C16H22N2O2. The maximum absolute atomic E-state index is 12.0. The van der Waals surface area contributed by atoms with E-state index < -0.39 is 0 Å². The molecule has 0 unspecified atom stereocenters. The average Bonchev–Trinajstić information content (AvgIpc) is 2.98. The van der Waals surface area contributed by atoms with Gasteiger partial charge in [0, 0.05) is 17.7 Å². The van der Waals surface area contributed by atoms with Gasteiger partial charge in [-0.25, -0.2) is 0 Å². The van der Waals surface area contributed by atoms with E-state index in [9.17, 15) is 4.79 Å². The van der Waals surface area contributed by atoms with Crippen molar-refractivity contribution in [3.05, 3.63) is 29.8 Å². The molecule has 0 saturated heterocycles. The molecule has 108 valence electrons. The van der Waals surface area contributed by atoms with Crippen LogP contribution in [0.3, 0.4) is 0 Å². The molecule has 4 nitrogen and oxygen atoms in total. The van der Waals surface area contributed by atoms with Crippen molar-refractivity contribution in [2.75, 3.05) is 5.32 Å². The van der Waals surface area contributed by atoms with Crippen molar-refractivity contribution in [2.45, 2.75) is 45.4 Å². The summed E-state index contributed by atoms with van der Waals surface area (Å²) in [5.41, 5.74) is 1.96. The van der Waals surface area contributed by atoms with Gasteiger partial charge in [0.05, 0.1) is 5.71 Å². The van der Waals surface area contributed by atoms with Gasteiger partial charge in [-0.05, 0) is 25.3 Å². The summed E-state index contributed by atoms with van der Waals surface area (Å²) in [5, 5.41) is 15.0. The summed E-state index contributed by atoms with van der Waals surface area (Å²) in [6.07, 6.45) is 6.68. The Hall–Kier alpha value is -1.84. The van der Waals surface area contributed by atoms with Crippen LogP contribution in [0, 0.1) is 5.92 Å². The fourth-order valence-electron chi connectivity index (χ4n) is 2.81. The molecule has 0 bridgehead atoms. The van der Waals surface area contributed by atoms with E-state index in [0.717, 1.165) is 17.9 Å². The molecule has 1 fully saturated rings. The van der Waals surface area contributed by atoms with E-state index in [1.54, 1.807) is 6.92 Å². The van der Waals surface area contributed by atoms with Gasteiger partial charge in [0.15, 0.2) is 0 Å². The van der Waals surface area contributed by atoms with Gasteiger partial charge in [-0.3, -0.25) is 4.79 Å². The summed E-state index contributed by atoms with van der Waals surface area (Å²) in [4.78, 5) is 12.0. The Labute approximate surface area is 119 Å². The molecule has 0 aromatic heterocycles. The number of hydrogen-bond donors (Lipinski definition) is 2. The summed E-state index contributed by atoms with van der Waals surface area (Å²) in [5.74, 6) is 0.756. The Balaban J connectivity index is 1.93. The topological polar surface area (TPSA) is 61.7 Å². The van der Waals surface area contributed by atoms with E-state index in [2.05, 4.69) is 10.5 Å². The van der Waals surface area contributed by atoms with Crippen molar-refractivity contribution in [1.29, 1.82) is 0 Å². The molecule has 2 rings (SSSR count). The molecule has 20 heavy (non-hydrogen) atoms. The minimum absolute atomic E-state index is 0.0371. The number of benzene rings is 1. The van der Waals surface area contributed by atoms with Crippen LogP contribution < -0.4 is 5.32 Å². The maximum Gasteiger partial charge on any atom is 0.224 e. The lowest BCUT2D eigenvalue weighted by Crippen LogP contribution is -2.15. The monoisotopic (exact) mass is 274 g/mol. The van der Waals surface area contributed by atoms with Crippen molar-refractivity contribution in [2.24, 2.45) is 11.1 Å². The van der Waals surface area contributed by atoms with Crippen LogP contribution in [0.4, 0.5) is 5.69 Å². The smallest absolute Gasteiger partial charge is 0.224 e. The quantitative estimate of drug-likeness (QED) is 0.487. The van der Waals surface area contributed by atoms with E-state index in [1.165, 1.54) is 25.7 Å². The summed E-state index contributed by atoms with van der Waals surface area (Å²) >= 11 is 0. The highest BCUT2D eigenvalue weighted by atomic mass is 16.4. The number of nitrogens with one attached hydrogen (secondary N) is 1. The van der Waals surface area contributed by atoms with Crippen molar-refractivity contribution < 1.29 is 10.0 Å². The second-order valence-corrected chi connectivity index (χ2v) is 5.47. The van der Waals surface area contributed by atoms with Crippen molar-refractivity contribution >= 4 is 17.3 Å². The highest BCUT2D eigenvalue weighted by molar-refractivity contribution is 6.06. The van der Waals surface area contributed by atoms with Crippen LogP contribution in [-0.4, -0.2) is 16.8 Å². The first-order valence-corrected chi connectivity index (χ1v) is 7.28. The first kappa shape index (κ1) is 14.6. The predicted octanol–water partition coefficient (Wildman–Crippen LogP) is 3.79. The van der Waals surface area contributed by atoms with Gasteiger partial charge in [-0.2, -0.15) is 0 Å². The number of carbonyl (C=O) groups is 1. The Kier molecular flexibility index (Phi) is 5.16. The molecule has 0 radical (unpaired) electrons. The third kappa shape index (κ3) is 3.83. The number of oxime groups is 1. The highest BCUT2D eigenvalue weighted by Gasteiger charge is 2.16. The molecule has 1 aliphatic rings. The van der Waals surface area contributed by atoms with Crippen LogP contribution in [0.15, 0.2) is 29.4 Å². The highest BCUT2D eigenvalue weighted by Crippen LogP contribution is 2.28. The third-order valence-corrected chi connectivity index (χ3v) is 4.00. The van der Waals surface area contributed by atoms with E-state index in [0.29, 0.717) is 17.8 Å². The Morgan fingerprint density at radius 1 is 1.35 bits per heavy atom. The van der Waals surface area contributed by atoms with Crippen LogP contribution in [0.2, 0.25) is 0 Å². The Bertz CT molecular complexity index is 491. The lowest BCUT2D eigenvalue weighted by atomic mass is 10.0. The molecule has 4 heteroatoms. The molecule has 1 amide bonds. The molecule has 1 saturated carbocycles. The number of amides is 1. The number of carbonyl (C=O) groups excluding carboxylic acids is 1. The molecule has 0 heterocycles. The van der Waals surface area contributed by atoms with Gasteiger partial charge < -0.3 is 10.5 Å². The fraction of sp³-hybridized carbons (Fsp3) is 0.500. The normalized spacial score (nSPS) is 16.4. The number of nitrogens with zero attached hydrogens (tertiary/aromatic N) is 1. The standard InChI is InChI=1S/C16H22N2O2/c1-12(18-20)14-8-4-5-9-15(14)17-16(19)11-10-13-6-2-3-7-13/h4-5,8-9,13,20H,2-3,6-7,10-11H2,1H3,(H,17,19)/b18-12+. The maximum atomic E-state index is 12.0. The molecule has 1 aromatic rings. The van der Waals surface area contributed by atoms with Crippen LogP contribution in [-0.2, 0) is 4.79 Å². The SMILES string of the molecule is C/C(=N\O)c1ccccc1NC(=O)CCC1CCCC1. The number of hydrogen-bond acceptors (Lipinski definition) is 3. The van der Waals surface area contributed by atoms with E-state index in [-0.39, 0.29) is 5.91 Å². The number of anilines is 1. The predicted molar refractivity (Wildman–Crippen MR) is 80.3 cm³/mol. The van der Waals surface area contributed by atoms with Crippen LogP contribution in [0.1, 0.15) is 51.0 Å². The fourth-order valence-corrected chi connectivity index (χ4v) is 2.81. The minimum Gasteiger partial charge on any atom is -0.411 e. The van der Waals surface area contributed by atoms with Gasteiger partial charge in [0.1, 0.15) is 0 Å². The first-order valence-electron chi connectivity index (χ1n) is 7.28. The zero-order valence-corrected chi connectivity index (χ0v) is 11.9. The molecule has 0 aliphatic heterocycles.